The summed E-state index contributed by atoms with van der Waals surface area (Å²) in [5, 5.41) is 0. The number of hydrogen-bond acceptors (Lipinski definition) is 1. The van der Waals surface area contributed by atoms with Gasteiger partial charge in [-0.1, -0.05) is 37.3 Å². The molecule has 0 aromatic heterocycles. The van der Waals surface area contributed by atoms with Gasteiger partial charge >= 0.3 is 0 Å². The van der Waals surface area contributed by atoms with Gasteiger partial charge < -0.3 is 0 Å². The Morgan fingerprint density at radius 3 is 2.67 bits per heavy atom. The molecular weight excluding hydrogens is 184 g/mol. The molecule has 1 aliphatic carbocycles. The van der Waals surface area contributed by atoms with E-state index in [-0.39, 0.29) is 0 Å². The van der Waals surface area contributed by atoms with Crippen molar-refractivity contribution in [1.29, 1.82) is 0 Å². The Balaban J connectivity index is 2.28. The van der Waals surface area contributed by atoms with Gasteiger partial charge in [-0.2, -0.15) is 0 Å². The Bertz CT molecular complexity index is 376. The Kier molecular flexibility index (Phi) is 3.00. The van der Waals surface area contributed by atoms with E-state index in [1.54, 1.807) is 0 Å². The summed E-state index contributed by atoms with van der Waals surface area (Å²) >= 11 is 0. The van der Waals surface area contributed by atoms with Crippen LogP contribution >= 0.6 is 0 Å². The fraction of sp³-hybridized carbons (Fsp3) is 0.357. The second kappa shape index (κ2) is 4.43. The minimum Gasteiger partial charge on any atom is -0.295 e. The molecule has 0 radical (unpaired) electrons. The van der Waals surface area contributed by atoms with Gasteiger partial charge in [-0.05, 0) is 36.0 Å². The summed E-state index contributed by atoms with van der Waals surface area (Å²) in [4.78, 5) is 11.7. The molecule has 1 saturated carbocycles. The van der Waals surface area contributed by atoms with E-state index in [0.717, 1.165) is 30.4 Å². The molecule has 0 amide bonds. The molecule has 1 aliphatic rings. The zero-order valence-electron chi connectivity index (χ0n) is 9.07. The number of Topliss-reactive ketones (excluding diaryl/α,β-unsaturated/α-hetero) is 1. The Hall–Kier alpha value is -1.37. The first-order chi connectivity index (χ1) is 7.27. The molecule has 1 aromatic rings. The summed E-state index contributed by atoms with van der Waals surface area (Å²) in [7, 11) is 0. The summed E-state index contributed by atoms with van der Waals surface area (Å²) in [6, 6.07) is 10.1. The molecule has 1 aromatic carbocycles. The maximum atomic E-state index is 11.7. The van der Waals surface area contributed by atoms with Gasteiger partial charge in [0.15, 0.2) is 5.78 Å². The molecule has 0 aliphatic heterocycles. The van der Waals surface area contributed by atoms with E-state index in [4.69, 9.17) is 0 Å². The third-order valence-corrected chi connectivity index (χ3v) is 3.02. The third-order valence-electron chi connectivity index (χ3n) is 3.02. The molecule has 1 fully saturated rings. The average molecular weight is 200 g/mol. The van der Waals surface area contributed by atoms with Crippen LogP contribution in [0.5, 0.6) is 0 Å². The first kappa shape index (κ1) is 10.2. The van der Waals surface area contributed by atoms with E-state index in [9.17, 15) is 4.79 Å². The second-order valence-electron chi connectivity index (χ2n) is 4.23. The van der Waals surface area contributed by atoms with Crippen LogP contribution in [0, 0.1) is 5.92 Å². The smallest absolute Gasteiger partial charge is 0.159 e. The van der Waals surface area contributed by atoms with Gasteiger partial charge in [0, 0.05) is 6.42 Å². The quantitative estimate of drug-likeness (QED) is 0.634. The van der Waals surface area contributed by atoms with Crippen molar-refractivity contribution in [2.24, 2.45) is 5.92 Å². The fourth-order valence-corrected chi connectivity index (χ4v) is 2.10. The van der Waals surface area contributed by atoms with Crippen molar-refractivity contribution >= 4 is 11.9 Å². The summed E-state index contributed by atoms with van der Waals surface area (Å²) in [6.07, 6.45) is 4.96. The number of carbonyl (C=O) groups is 1. The summed E-state index contributed by atoms with van der Waals surface area (Å²) in [5.41, 5.74) is 2.14. The van der Waals surface area contributed by atoms with E-state index >= 15 is 0 Å². The molecule has 1 heteroatoms. The van der Waals surface area contributed by atoms with Crippen molar-refractivity contribution in [3.05, 3.63) is 41.5 Å². The molecule has 0 N–H and O–H groups in total. The van der Waals surface area contributed by atoms with E-state index in [0.29, 0.717) is 11.7 Å². The topological polar surface area (TPSA) is 17.1 Å². The highest BCUT2D eigenvalue weighted by atomic mass is 16.1. The number of carbonyl (C=O) groups excluding carboxylic acids is 1. The van der Waals surface area contributed by atoms with Crippen LogP contribution in [-0.4, -0.2) is 5.78 Å². The zero-order chi connectivity index (χ0) is 10.7. The predicted molar refractivity (Wildman–Crippen MR) is 62.4 cm³/mol. The van der Waals surface area contributed by atoms with Gasteiger partial charge in [-0.25, -0.2) is 0 Å². The minimum absolute atomic E-state index is 0.331. The summed E-state index contributed by atoms with van der Waals surface area (Å²) < 4.78 is 0. The molecule has 0 saturated heterocycles. The molecule has 0 spiro atoms. The maximum Gasteiger partial charge on any atom is 0.159 e. The summed E-state index contributed by atoms with van der Waals surface area (Å²) in [6.45, 7) is 2.14. The van der Waals surface area contributed by atoms with Crippen molar-refractivity contribution in [3.8, 4) is 0 Å². The number of allylic oxidation sites excluding steroid dienone is 1. The van der Waals surface area contributed by atoms with Gasteiger partial charge in [0.05, 0.1) is 0 Å². The van der Waals surface area contributed by atoms with Crippen LogP contribution < -0.4 is 0 Å². The number of benzene rings is 1. The zero-order valence-corrected chi connectivity index (χ0v) is 9.07. The van der Waals surface area contributed by atoms with Crippen molar-refractivity contribution in [3.63, 3.8) is 0 Å². The molecule has 0 bridgehead atoms. The van der Waals surface area contributed by atoms with E-state index in [2.05, 4.69) is 6.92 Å². The van der Waals surface area contributed by atoms with Gasteiger partial charge in [-0.15, -0.1) is 0 Å². The molecule has 0 unspecified atom stereocenters. The Morgan fingerprint density at radius 2 is 2.00 bits per heavy atom. The normalized spacial score (nSPS) is 24.5. The number of hydrogen-bond donors (Lipinski definition) is 0. The van der Waals surface area contributed by atoms with Crippen molar-refractivity contribution < 1.29 is 4.79 Å². The van der Waals surface area contributed by atoms with Crippen molar-refractivity contribution in [2.45, 2.75) is 26.2 Å². The number of rotatable bonds is 1. The van der Waals surface area contributed by atoms with Crippen molar-refractivity contribution in [2.75, 3.05) is 0 Å². The molecule has 1 nitrogen and oxygen atoms in total. The van der Waals surface area contributed by atoms with Crippen LogP contribution in [-0.2, 0) is 4.79 Å². The molecule has 15 heavy (non-hydrogen) atoms. The first-order valence-corrected chi connectivity index (χ1v) is 5.57. The Labute approximate surface area is 90.8 Å². The van der Waals surface area contributed by atoms with Crippen LogP contribution in [0.2, 0.25) is 0 Å². The lowest BCUT2D eigenvalue weighted by Gasteiger charge is -2.20. The van der Waals surface area contributed by atoms with Crippen LogP contribution in [0.3, 0.4) is 0 Å². The fourth-order valence-electron chi connectivity index (χ4n) is 2.10. The monoisotopic (exact) mass is 200 g/mol. The standard InChI is InChI=1S/C14H16O/c1-11-6-5-9-14(15)13(11)10-12-7-3-2-4-8-12/h2-4,7-8,10-11H,5-6,9H2,1H3/b13-10+/t11-/m0/s1. The average Bonchev–Trinajstić information content (AvgIpc) is 2.25. The first-order valence-electron chi connectivity index (χ1n) is 5.57. The maximum absolute atomic E-state index is 11.7. The second-order valence-corrected chi connectivity index (χ2v) is 4.23. The molecule has 0 heterocycles. The molecule has 78 valence electrons. The lowest BCUT2D eigenvalue weighted by atomic mass is 9.83. The van der Waals surface area contributed by atoms with Gasteiger partial charge in [-0.3, -0.25) is 4.79 Å². The Morgan fingerprint density at radius 1 is 1.27 bits per heavy atom. The molecule has 1 atom stereocenters. The van der Waals surface area contributed by atoms with Crippen LogP contribution in [0.4, 0.5) is 0 Å². The lowest BCUT2D eigenvalue weighted by molar-refractivity contribution is -0.116. The van der Waals surface area contributed by atoms with Gasteiger partial charge in [0.2, 0.25) is 0 Å². The largest absolute Gasteiger partial charge is 0.295 e. The van der Waals surface area contributed by atoms with E-state index in [1.807, 2.05) is 36.4 Å². The van der Waals surface area contributed by atoms with Crippen molar-refractivity contribution in [1.82, 2.24) is 0 Å². The predicted octanol–water partition coefficient (Wildman–Crippen LogP) is 3.46. The van der Waals surface area contributed by atoms with Crippen LogP contribution in [0.15, 0.2) is 35.9 Å². The van der Waals surface area contributed by atoms with Crippen LogP contribution in [0.1, 0.15) is 31.7 Å². The highest BCUT2D eigenvalue weighted by molar-refractivity contribution is 6.00. The highest BCUT2D eigenvalue weighted by Crippen LogP contribution is 2.27. The number of ketones is 1. The van der Waals surface area contributed by atoms with Gasteiger partial charge in [0.25, 0.3) is 0 Å². The lowest BCUT2D eigenvalue weighted by Crippen LogP contribution is -2.16. The highest BCUT2D eigenvalue weighted by Gasteiger charge is 2.21. The minimum atomic E-state index is 0.331. The third kappa shape index (κ3) is 2.35. The SMILES string of the molecule is C[C@H]1CCCC(=O)/C1=C/c1ccccc1. The van der Waals surface area contributed by atoms with E-state index < -0.39 is 0 Å². The molecule has 2 rings (SSSR count). The van der Waals surface area contributed by atoms with Gasteiger partial charge in [0.1, 0.15) is 0 Å². The molecular formula is C14H16O. The summed E-state index contributed by atoms with van der Waals surface area (Å²) in [5.74, 6) is 0.754. The van der Waals surface area contributed by atoms with Crippen LogP contribution in [0.25, 0.3) is 6.08 Å². The van der Waals surface area contributed by atoms with E-state index in [1.165, 1.54) is 0 Å².